The molecule has 2 amide bonds. The molecule has 10 heteroatoms. The topological polar surface area (TPSA) is 86.3 Å². The Morgan fingerprint density at radius 1 is 1.14 bits per heavy atom. The molecule has 1 aliphatic rings. The number of hydrogen-bond acceptors (Lipinski definition) is 4. The van der Waals surface area contributed by atoms with E-state index in [1.807, 2.05) is 4.90 Å². The van der Waals surface area contributed by atoms with Crippen LogP contribution in [-0.4, -0.2) is 80.7 Å². The first-order valence-electron chi connectivity index (χ1n) is 9.38. The molecular weight excluding hydrogens is 492 g/mol. The van der Waals surface area contributed by atoms with Crippen molar-refractivity contribution in [3.05, 3.63) is 35.1 Å². The van der Waals surface area contributed by atoms with Crippen LogP contribution in [0.5, 0.6) is 0 Å². The lowest BCUT2D eigenvalue weighted by atomic mass is 10.1. The van der Waals surface area contributed by atoms with E-state index in [4.69, 9.17) is 4.74 Å². The second kappa shape index (κ2) is 12.5. The number of rotatable bonds is 5. The van der Waals surface area contributed by atoms with Gasteiger partial charge in [-0.2, -0.15) is 0 Å². The van der Waals surface area contributed by atoms with Gasteiger partial charge in [0.1, 0.15) is 5.82 Å². The summed E-state index contributed by atoms with van der Waals surface area (Å²) in [7, 11) is 1.69. The van der Waals surface area contributed by atoms with E-state index in [9.17, 15) is 14.0 Å². The van der Waals surface area contributed by atoms with Gasteiger partial charge < -0.3 is 25.2 Å². The van der Waals surface area contributed by atoms with E-state index in [0.29, 0.717) is 63.0 Å². The molecule has 0 atom stereocenters. The molecule has 1 aromatic rings. The Hall–Kier alpha value is -2.11. The average Bonchev–Trinajstić information content (AvgIpc) is 2.70. The molecule has 1 saturated heterocycles. The van der Waals surface area contributed by atoms with Gasteiger partial charge in [-0.3, -0.25) is 9.79 Å². The van der Waals surface area contributed by atoms with Gasteiger partial charge in [-0.25, -0.2) is 9.18 Å². The Bertz CT molecular complexity index is 724. The summed E-state index contributed by atoms with van der Waals surface area (Å²) in [5.74, 6) is -0.00832. The largest absolute Gasteiger partial charge is 0.450 e. The van der Waals surface area contributed by atoms with Crippen LogP contribution in [0.3, 0.4) is 0 Å². The highest BCUT2D eigenvalue weighted by Crippen LogP contribution is 2.09. The minimum absolute atomic E-state index is 0. The quantitative estimate of drug-likeness (QED) is 0.268. The summed E-state index contributed by atoms with van der Waals surface area (Å²) in [6, 6.07) is 4.42. The van der Waals surface area contributed by atoms with E-state index in [2.05, 4.69) is 15.6 Å². The van der Waals surface area contributed by atoms with Crippen molar-refractivity contribution < 1.29 is 18.7 Å². The zero-order valence-corrected chi connectivity index (χ0v) is 19.4. The normalized spacial score (nSPS) is 14.1. The number of guanidine groups is 1. The van der Waals surface area contributed by atoms with Crippen LogP contribution in [-0.2, 0) is 4.74 Å². The Balaban J connectivity index is 0.00000420. The summed E-state index contributed by atoms with van der Waals surface area (Å²) in [5, 5.41) is 5.94. The van der Waals surface area contributed by atoms with Gasteiger partial charge in [0.05, 0.1) is 6.61 Å². The molecule has 0 saturated carbocycles. The third-order valence-electron chi connectivity index (χ3n) is 4.44. The number of aryl methyl sites for hydroxylation is 1. The standard InChI is InChI=1S/C19H28FN5O3.HI/c1-4-28-19(27)25-11-9-24(10-12-25)18(21-3)23-8-7-22-17(26)15-6-5-14(2)16(20)13-15;/h5-6,13H,4,7-12H2,1-3H3,(H,21,23)(H,22,26);1H. The molecule has 1 aliphatic heterocycles. The van der Waals surface area contributed by atoms with Crippen LogP contribution in [0, 0.1) is 12.7 Å². The van der Waals surface area contributed by atoms with Gasteiger partial charge in [-0.05, 0) is 31.5 Å². The highest BCUT2D eigenvalue weighted by atomic mass is 127. The predicted octanol–water partition coefficient (Wildman–Crippen LogP) is 1.83. The lowest BCUT2D eigenvalue weighted by molar-refractivity contribution is 0.0914. The van der Waals surface area contributed by atoms with Crippen molar-refractivity contribution in [2.24, 2.45) is 4.99 Å². The minimum atomic E-state index is -0.395. The Morgan fingerprint density at radius 3 is 2.34 bits per heavy atom. The fraction of sp³-hybridized carbons (Fsp3) is 0.526. The lowest BCUT2D eigenvalue weighted by Crippen LogP contribution is -2.54. The molecular formula is C19H29FIN5O3. The number of piperazine rings is 1. The van der Waals surface area contributed by atoms with Gasteiger partial charge in [0.25, 0.3) is 5.91 Å². The molecule has 29 heavy (non-hydrogen) atoms. The fourth-order valence-corrected chi connectivity index (χ4v) is 2.83. The summed E-state index contributed by atoms with van der Waals surface area (Å²) >= 11 is 0. The fourth-order valence-electron chi connectivity index (χ4n) is 2.83. The van der Waals surface area contributed by atoms with Crippen molar-refractivity contribution in [1.29, 1.82) is 0 Å². The molecule has 0 spiro atoms. The number of ether oxygens (including phenoxy) is 1. The molecule has 0 unspecified atom stereocenters. The van der Waals surface area contributed by atoms with Crippen LogP contribution in [0.1, 0.15) is 22.8 Å². The van der Waals surface area contributed by atoms with Crippen molar-refractivity contribution in [3.8, 4) is 0 Å². The van der Waals surface area contributed by atoms with Crippen LogP contribution in [0.2, 0.25) is 0 Å². The monoisotopic (exact) mass is 521 g/mol. The summed E-state index contributed by atoms with van der Waals surface area (Å²) in [6.45, 7) is 7.07. The number of carbonyl (C=O) groups is 2. The van der Waals surface area contributed by atoms with E-state index < -0.39 is 5.82 Å². The van der Waals surface area contributed by atoms with Crippen LogP contribution in [0.4, 0.5) is 9.18 Å². The third-order valence-corrected chi connectivity index (χ3v) is 4.44. The number of hydrogen-bond donors (Lipinski definition) is 2. The summed E-state index contributed by atoms with van der Waals surface area (Å²) in [6.07, 6.45) is -0.291. The maximum atomic E-state index is 13.6. The second-order valence-corrected chi connectivity index (χ2v) is 6.37. The molecule has 1 fully saturated rings. The first kappa shape index (κ1) is 24.9. The molecule has 1 heterocycles. The van der Waals surface area contributed by atoms with E-state index in [0.717, 1.165) is 0 Å². The molecule has 2 rings (SSSR count). The molecule has 0 aliphatic carbocycles. The lowest BCUT2D eigenvalue weighted by Gasteiger charge is -2.35. The molecule has 0 radical (unpaired) electrons. The van der Waals surface area contributed by atoms with Gasteiger partial charge in [0.15, 0.2) is 5.96 Å². The van der Waals surface area contributed by atoms with Crippen LogP contribution in [0.15, 0.2) is 23.2 Å². The summed E-state index contributed by atoms with van der Waals surface area (Å²) < 4.78 is 18.6. The molecule has 0 bridgehead atoms. The summed E-state index contributed by atoms with van der Waals surface area (Å²) in [5.41, 5.74) is 0.799. The van der Waals surface area contributed by atoms with Crippen LogP contribution in [0.25, 0.3) is 0 Å². The van der Waals surface area contributed by atoms with Crippen molar-refractivity contribution >= 4 is 41.9 Å². The van der Waals surface area contributed by atoms with E-state index >= 15 is 0 Å². The van der Waals surface area contributed by atoms with Crippen molar-refractivity contribution in [2.75, 3.05) is 52.9 Å². The van der Waals surface area contributed by atoms with Crippen LogP contribution < -0.4 is 10.6 Å². The van der Waals surface area contributed by atoms with Gasteiger partial charge in [-0.15, -0.1) is 24.0 Å². The third kappa shape index (κ3) is 7.33. The van der Waals surface area contributed by atoms with Gasteiger partial charge >= 0.3 is 6.09 Å². The highest BCUT2D eigenvalue weighted by molar-refractivity contribution is 14.0. The second-order valence-electron chi connectivity index (χ2n) is 6.37. The van der Waals surface area contributed by atoms with Gasteiger partial charge in [-0.1, -0.05) is 6.07 Å². The molecule has 1 aromatic carbocycles. The van der Waals surface area contributed by atoms with E-state index in [1.165, 1.54) is 6.07 Å². The summed E-state index contributed by atoms with van der Waals surface area (Å²) in [4.78, 5) is 31.8. The zero-order chi connectivity index (χ0) is 20.5. The number of nitrogens with zero attached hydrogens (tertiary/aromatic N) is 3. The zero-order valence-electron chi connectivity index (χ0n) is 17.0. The first-order valence-corrected chi connectivity index (χ1v) is 9.38. The van der Waals surface area contributed by atoms with Crippen molar-refractivity contribution in [1.82, 2.24) is 20.4 Å². The number of nitrogens with one attached hydrogen (secondary N) is 2. The number of benzene rings is 1. The molecule has 8 nitrogen and oxygen atoms in total. The number of amides is 2. The van der Waals surface area contributed by atoms with Crippen LogP contribution >= 0.6 is 24.0 Å². The highest BCUT2D eigenvalue weighted by Gasteiger charge is 2.23. The molecule has 0 aromatic heterocycles. The number of carbonyl (C=O) groups excluding carboxylic acids is 2. The van der Waals surface area contributed by atoms with Gasteiger partial charge in [0.2, 0.25) is 0 Å². The first-order chi connectivity index (χ1) is 13.5. The van der Waals surface area contributed by atoms with E-state index in [1.54, 1.807) is 37.9 Å². The van der Waals surface area contributed by atoms with E-state index in [-0.39, 0.29) is 36.0 Å². The minimum Gasteiger partial charge on any atom is -0.450 e. The maximum absolute atomic E-state index is 13.6. The molecule has 162 valence electrons. The predicted molar refractivity (Wildman–Crippen MR) is 120 cm³/mol. The number of aliphatic imine (C=N–C) groups is 1. The Labute approximate surface area is 187 Å². The smallest absolute Gasteiger partial charge is 0.409 e. The molecule has 2 N–H and O–H groups in total. The number of halogens is 2. The van der Waals surface area contributed by atoms with Crippen molar-refractivity contribution in [2.45, 2.75) is 13.8 Å². The average molecular weight is 521 g/mol. The van der Waals surface area contributed by atoms with Gasteiger partial charge in [0, 0.05) is 51.9 Å². The van der Waals surface area contributed by atoms with Crippen molar-refractivity contribution in [3.63, 3.8) is 0 Å². The SMILES string of the molecule is CCOC(=O)N1CCN(C(=NC)NCCNC(=O)c2ccc(C)c(F)c2)CC1.I. The Morgan fingerprint density at radius 2 is 1.76 bits per heavy atom. The Kier molecular flexibility index (Phi) is 10.7. The maximum Gasteiger partial charge on any atom is 0.409 e.